The molecule has 5 rings (SSSR count). The summed E-state index contributed by atoms with van der Waals surface area (Å²) in [6.45, 7) is 0.281. The minimum atomic E-state index is -1.11. The molecule has 0 aromatic heterocycles. The number of nitrogens with one attached hydrogen (secondary N) is 2. The summed E-state index contributed by atoms with van der Waals surface area (Å²) in [6, 6.07) is 14.2. The van der Waals surface area contributed by atoms with E-state index < -0.39 is 17.5 Å². The molecule has 8 heteroatoms. The molecule has 0 radical (unpaired) electrons. The molecule has 33 heavy (non-hydrogen) atoms. The van der Waals surface area contributed by atoms with E-state index in [2.05, 4.69) is 10.6 Å². The number of benzene rings is 2. The van der Waals surface area contributed by atoms with Crippen LogP contribution in [-0.4, -0.2) is 41.7 Å². The highest BCUT2D eigenvalue weighted by Crippen LogP contribution is 2.39. The van der Waals surface area contributed by atoms with Gasteiger partial charge in [0.05, 0.1) is 0 Å². The second-order valence-corrected chi connectivity index (χ2v) is 8.84. The summed E-state index contributed by atoms with van der Waals surface area (Å²) in [4.78, 5) is 53.8. The summed E-state index contributed by atoms with van der Waals surface area (Å²) < 4.78 is 0. The highest BCUT2D eigenvalue weighted by molar-refractivity contribution is 6.10. The molecular weight excluding hydrogens is 420 g/mol. The molecule has 5 amide bonds. The first-order chi connectivity index (χ1) is 16.0. The Hall–Kier alpha value is -3.68. The third kappa shape index (κ3) is 3.75. The van der Waals surface area contributed by atoms with E-state index in [-0.39, 0.29) is 18.4 Å². The Labute approximate surface area is 191 Å². The third-order valence-corrected chi connectivity index (χ3v) is 6.72. The number of urea groups is 1. The van der Waals surface area contributed by atoms with Gasteiger partial charge in [-0.25, -0.2) is 4.79 Å². The van der Waals surface area contributed by atoms with Crippen LogP contribution in [0.4, 0.5) is 16.2 Å². The zero-order valence-electron chi connectivity index (χ0n) is 18.3. The minimum absolute atomic E-state index is 0.0618. The molecule has 2 aromatic rings. The zero-order valence-corrected chi connectivity index (χ0v) is 18.3. The monoisotopic (exact) mass is 446 g/mol. The van der Waals surface area contributed by atoms with Gasteiger partial charge < -0.3 is 15.5 Å². The zero-order chi connectivity index (χ0) is 23.0. The predicted molar refractivity (Wildman–Crippen MR) is 123 cm³/mol. The van der Waals surface area contributed by atoms with Crippen molar-refractivity contribution >= 4 is 35.1 Å². The van der Waals surface area contributed by atoms with Crippen molar-refractivity contribution in [2.45, 2.75) is 44.1 Å². The van der Waals surface area contributed by atoms with E-state index in [1.165, 1.54) is 0 Å². The number of hydrogen-bond acceptors (Lipinski definition) is 4. The number of amides is 5. The van der Waals surface area contributed by atoms with Crippen LogP contribution in [0.1, 0.15) is 43.2 Å². The standard InChI is InChI=1S/C25H26N4O4/c30-21(26-18-9-5-10-19(15-18)28-14-6-12-22(28)31)16-29-23(32)25(27-24(29)33)13-4-3-8-17-7-1-2-11-20(17)25/h1-2,5,7,9-11,15H,3-4,6,8,12-14,16H2,(H,26,30)(H,27,33)/t25-/m1/s1. The molecule has 2 aromatic carbocycles. The molecule has 1 aliphatic carbocycles. The Morgan fingerprint density at radius 3 is 2.67 bits per heavy atom. The number of anilines is 2. The van der Waals surface area contributed by atoms with Crippen LogP contribution in [0.2, 0.25) is 0 Å². The van der Waals surface area contributed by atoms with Gasteiger partial charge in [-0.3, -0.25) is 19.3 Å². The average Bonchev–Trinajstić information content (AvgIpc) is 3.27. The van der Waals surface area contributed by atoms with Crippen LogP contribution in [0.5, 0.6) is 0 Å². The minimum Gasteiger partial charge on any atom is -0.324 e. The van der Waals surface area contributed by atoms with Crippen molar-refractivity contribution in [3.63, 3.8) is 0 Å². The number of carbonyl (C=O) groups excluding carboxylic acids is 4. The van der Waals surface area contributed by atoms with Gasteiger partial charge >= 0.3 is 6.03 Å². The summed E-state index contributed by atoms with van der Waals surface area (Å²) in [5.41, 5.74) is 2.01. The Morgan fingerprint density at radius 2 is 1.85 bits per heavy atom. The maximum atomic E-state index is 13.5. The number of aryl methyl sites for hydroxylation is 1. The SMILES string of the molecule is O=C(CN1C(=O)N[C@@]2(CCCCc3ccccc32)C1=O)Nc1cccc(N2CCCC2=O)c1. The Morgan fingerprint density at radius 1 is 1.00 bits per heavy atom. The molecule has 170 valence electrons. The largest absolute Gasteiger partial charge is 0.325 e. The van der Waals surface area contributed by atoms with E-state index >= 15 is 0 Å². The Balaban J connectivity index is 1.32. The first-order valence-electron chi connectivity index (χ1n) is 11.4. The van der Waals surface area contributed by atoms with Gasteiger partial charge in [0.2, 0.25) is 11.8 Å². The molecular formula is C25H26N4O4. The van der Waals surface area contributed by atoms with Gasteiger partial charge in [-0.15, -0.1) is 0 Å². The summed E-state index contributed by atoms with van der Waals surface area (Å²) in [7, 11) is 0. The van der Waals surface area contributed by atoms with E-state index in [1.54, 1.807) is 23.1 Å². The van der Waals surface area contributed by atoms with E-state index in [0.717, 1.165) is 47.4 Å². The van der Waals surface area contributed by atoms with Crippen LogP contribution in [0, 0.1) is 0 Å². The van der Waals surface area contributed by atoms with E-state index in [0.29, 0.717) is 25.1 Å². The van der Waals surface area contributed by atoms with Gasteiger partial charge in [0.25, 0.3) is 5.91 Å². The molecule has 2 N–H and O–H groups in total. The summed E-state index contributed by atoms with van der Waals surface area (Å²) in [5.74, 6) is -0.789. The van der Waals surface area contributed by atoms with Gasteiger partial charge in [-0.2, -0.15) is 0 Å². The molecule has 1 atom stereocenters. The fraction of sp³-hybridized carbons (Fsp3) is 0.360. The quantitative estimate of drug-likeness (QED) is 0.706. The van der Waals surface area contributed by atoms with Gasteiger partial charge in [0.1, 0.15) is 12.1 Å². The fourth-order valence-corrected chi connectivity index (χ4v) is 5.13. The van der Waals surface area contributed by atoms with Crippen LogP contribution < -0.4 is 15.5 Å². The lowest BCUT2D eigenvalue weighted by Crippen LogP contribution is -2.44. The van der Waals surface area contributed by atoms with Crippen molar-refractivity contribution in [1.82, 2.24) is 10.2 Å². The molecule has 0 bridgehead atoms. The third-order valence-electron chi connectivity index (χ3n) is 6.72. The first-order valence-corrected chi connectivity index (χ1v) is 11.4. The van der Waals surface area contributed by atoms with Crippen molar-refractivity contribution in [2.75, 3.05) is 23.3 Å². The summed E-state index contributed by atoms with van der Waals surface area (Å²) in [5, 5.41) is 5.66. The number of carbonyl (C=O) groups is 4. The van der Waals surface area contributed by atoms with Crippen molar-refractivity contribution < 1.29 is 19.2 Å². The summed E-state index contributed by atoms with van der Waals surface area (Å²) >= 11 is 0. The molecule has 3 aliphatic rings. The lowest BCUT2D eigenvalue weighted by molar-refractivity contribution is -0.134. The van der Waals surface area contributed by atoms with E-state index in [9.17, 15) is 19.2 Å². The van der Waals surface area contributed by atoms with Crippen molar-refractivity contribution in [3.8, 4) is 0 Å². The maximum Gasteiger partial charge on any atom is 0.325 e. The van der Waals surface area contributed by atoms with Crippen LogP contribution in [0.15, 0.2) is 48.5 Å². The van der Waals surface area contributed by atoms with Crippen molar-refractivity contribution in [1.29, 1.82) is 0 Å². The number of fused-ring (bicyclic) bond motifs is 2. The molecule has 2 fully saturated rings. The summed E-state index contributed by atoms with van der Waals surface area (Å²) in [6.07, 6.45) is 4.46. The predicted octanol–water partition coefficient (Wildman–Crippen LogP) is 2.93. The molecule has 0 unspecified atom stereocenters. The molecule has 0 saturated carbocycles. The van der Waals surface area contributed by atoms with Crippen LogP contribution in [-0.2, 0) is 26.3 Å². The highest BCUT2D eigenvalue weighted by Gasteiger charge is 2.53. The van der Waals surface area contributed by atoms with Gasteiger partial charge in [-0.1, -0.05) is 30.3 Å². The van der Waals surface area contributed by atoms with Crippen molar-refractivity contribution in [3.05, 3.63) is 59.7 Å². The molecule has 2 aliphatic heterocycles. The lowest BCUT2D eigenvalue weighted by atomic mass is 9.84. The topological polar surface area (TPSA) is 98.8 Å². The average molecular weight is 447 g/mol. The van der Waals surface area contributed by atoms with E-state index in [1.807, 2.05) is 30.3 Å². The lowest BCUT2D eigenvalue weighted by Gasteiger charge is -2.27. The maximum absolute atomic E-state index is 13.5. The number of rotatable bonds is 4. The second-order valence-electron chi connectivity index (χ2n) is 8.84. The van der Waals surface area contributed by atoms with Crippen molar-refractivity contribution in [2.24, 2.45) is 0 Å². The normalized spacial score (nSPS) is 22.4. The number of imide groups is 1. The smallest absolute Gasteiger partial charge is 0.324 e. The van der Waals surface area contributed by atoms with Gasteiger partial charge in [0.15, 0.2) is 0 Å². The molecule has 2 saturated heterocycles. The van der Waals surface area contributed by atoms with Crippen LogP contribution in [0.3, 0.4) is 0 Å². The van der Waals surface area contributed by atoms with Gasteiger partial charge in [0, 0.05) is 24.3 Å². The van der Waals surface area contributed by atoms with Crippen LogP contribution in [0.25, 0.3) is 0 Å². The molecule has 8 nitrogen and oxygen atoms in total. The second kappa shape index (κ2) is 8.35. The Kier molecular flexibility index (Phi) is 5.36. The van der Waals surface area contributed by atoms with E-state index in [4.69, 9.17) is 0 Å². The Bertz CT molecular complexity index is 1150. The van der Waals surface area contributed by atoms with Gasteiger partial charge in [-0.05, 0) is 61.4 Å². The number of nitrogens with zero attached hydrogens (tertiary/aromatic N) is 2. The highest BCUT2D eigenvalue weighted by atomic mass is 16.2. The molecule has 1 spiro atoms. The number of hydrogen-bond donors (Lipinski definition) is 2. The van der Waals surface area contributed by atoms with Crippen LogP contribution >= 0.6 is 0 Å². The molecule has 2 heterocycles. The fourth-order valence-electron chi connectivity index (χ4n) is 5.13. The first kappa shape index (κ1) is 21.2.